The van der Waals surface area contributed by atoms with E-state index in [9.17, 15) is 0 Å². The van der Waals surface area contributed by atoms with E-state index in [-0.39, 0.29) is 6.10 Å². The van der Waals surface area contributed by atoms with Gasteiger partial charge in [0.25, 0.3) is 0 Å². The first kappa shape index (κ1) is 18.5. The molecular formula is C19H19ClN4OS. The molecule has 7 heteroatoms. The first-order chi connectivity index (χ1) is 12.6. The van der Waals surface area contributed by atoms with E-state index in [1.54, 1.807) is 17.2 Å². The maximum atomic E-state index is 6.19. The van der Waals surface area contributed by atoms with Gasteiger partial charge in [0.1, 0.15) is 12.1 Å². The molecule has 5 nitrogen and oxygen atoms in total. The Bertz CT molecular complexity index is 877. The lowest BCUT2D eigenvalue weighted by atomic mass is 10.2. The summed E-state index contributed by atoms with van der Waals surface area (Å²) in [7, 11) is 0. The van der Waals surface area contributed by atoms with E-state index in [2.05, 4.69) is 15.3 Å². The third-order valence-electron chi connectivity index (χ3n) is 3.40. The highest BCUT2D eigenvalue weighted by Gasteiger charge is 2.06. The minimum atomic E-state index is 0.157. The van der Waals surface area contributed by atoms with Gasteiger partial charge in [-0.2, -0.15) is 9.78 Å². The van der Waals surface area contributed by atoms with Crippen molar-refractivity contribution < 1.29 is 4.74 Å². The molecule has 0 saturated carbocycles. The first-order valence-corrected chi connectivity index (χ1v) is 9.55. The standard InChI is InChI=1S/C19H19ClN4OS/c1-14(2)25-17-9-7-15(8-10-17)11-22-24-13-21-23-19(24)26-12-16-5-3-4-6-18(16)20/h3-11,13-14H,12H2,1-2H3/b22-11+. The lowest BCUT2D eigenvalue weighted by Crippen LogP contribution is -2.05. The first-order valence-electron chi connectivity index (χ1n) is 8.19. The van der Waals surface area contributed by atoms with Crippen molar-refractivity contribution in [3.8, 4) is 5.75 Å². The van der Waals surface area contributed by atoms with Crippen molar-refractivity contribution in [1.29, 1.82) is 0 Å². The average molecular weight is 387 g/mol. The molecule has 2 aromatic carbocycles. The Morgan fingerprint density at radius 2 is 1.96 bits per heavy atom. The van der Waals surface area contributed by atoms with Crippen LogP contribution in [-0.2, 0) is 5.75 Å². The van der Waals surface area contributed by atoms with Gasteiger partial charge in [-0.1, -0.05) is 41.6 Å². The Morgan fingerprint density at radius 1 is 1.19 bits per heavy atom. The normalized spacial score (nSPS) is 11.4. The summed E-state index contributed by atoms with van der Waals surface area (Å²) in [6, 6.07) is 15.6. The zero-order valence-electron chi connectivity index (χ0n) is 14.5. The summed E-state index contributed by atoms with van der Waals surface area (Å²) in [5.41, 5.74) is 2.02. The highest BCUT2D eigenvalue weighted by molar-refractivity contribution is 7.98. The lowest BCUT2D eigenvalue weighted by Gasteiger charge is -2.09. The van der Waals surface area contributed by atoms with Crippen molar-refractivity contribution in [2.45, 2.75) is 30.9 Å². The summed E-state index contributed by atoms with van der Waals surface area (Å²) < 4.78 is 7.29. The quantitative estimate of drug-likeness (QED) is 0.428. The maximum Gasteiger partial charge on any atom is 0.212 e. The Morgan fingerprint density at radius 3 is 2.69 bits per heavy atom. The highest BCUT2D eigenvalue weighted by atomic mass is 35.5. The van der Waals surface area contributed by atoms with Crippen LogP contribution in [0.15, 0.2) is 65.1 Å². The van der Waals surface area contributed by atoms with Crippen molar-refractivity contribution >= 4 is 29.6 Å². The van der Waals surface area contributed by atoms with Crippen molar-refractivity contribution in [2.24, 2.45) is 5.10 Å². The summed E-state index contributed by atoms with van der Waals surface area (Å²) >= 11 is 7.73. The van der Waals surface area contributed by atoms with Crippen LogP contribution in [0.3, 0.4) is 0 Å². The van der Waals surface area contributed by atoms with Crippen LogP contribution in [0.4, 0.5) is 0 Å². The minimum Gasteiger partial charge on any atom is -0.491 e. The lowest BCUT2D eigenvalue weighted by molar-refractivity contribution is 0.242. The third-order valence-corrected chi connectivity index (χ3v) is 4.75. The van der Waals surface area contributed by atoms with Crippen molar-refractivity contribution in [2.75, 3.05) is 0 Å². The van der Waals surface area contributed by atoms with E-state index >= 15 is 0 Å². The van der Waals surface area contributed by atoms with Gasteiger partial charge >= 0.3 is 0 Å². The monoisotopic (exact) mass is 386 g/mol. The van der Waals surface area contributed by atoms with Gasteiger partial charge in [-0.15, -0.1) is 10.2 Å². The van der Waals surface area contributed by atoms with Crippen LogP contribution in [0, 0.1) is 0 Å². The van der Waals surface area contributed by atoms with Crippen LogP contribution in [0.1, 0.15) is 25.0 Å². The maximum absolute atomic E-state index is 6.19. The van der Waals surface area contributed by atoms with Gasteiger partial charge in [0.15, 0.2) is 0 Å². The molecule has 26 heavy (non-hydrogen) atoms. The van der Waals surface area contributed by atoms with Gasteiger partial charge in [-0.3, -0.25) is 0 Å². The second-order valence-corrected chi connectivity index (χ2v) is 7.17. The van der Waals surface area contributed by atoms with Crippen LogP contribution in [0.5, 0.6) is 5.75 Å². The van der Waals surface area contributed by atoms with Crippen LogP contribution in [0.2, 0.25) is 5.02 Å². The fourth-order valence-electron chi connectivity index (χ4n) is 2.18. The molecule has 0 atom stereocenters. The molecule has 3 aromatic rings. The highest BCUT2D eigenvalue weighted by Crippen LogP contribution is 2.25. The molecule has 0 saturated heterocycles. The zero-order valence-corrected chi connectivity index (χ0v) is 16.1. The average Bonchev–Trinajstić information content (AvgIpc) is 3.07. The van der Waals surface area contributed by atoms with Crippen LogP contribution in [-0.4, -0.2) is 27.2 Å². The number of thioether (sulfide) groups is 1. The SMILES string of the molecule is CC(C)Oc1ccc(/C=N/n2cnnc2SCc2ccccc2Cl)cc1. The predicted octanol–water partition coefficient (Wildman–Crippen LogP) is 4.89. The van der Waals surface area contributed by atoms with Gasteiger partial charge in [-0.25, -0.2) is 0 Å². The smallest absolute Gasteiger partial charge is 0.212 e. The molecule has 134 valence electrons. The molecule has 1 aromatic heterocycles. The molecule has 0 radical (unpaired) electrons. The van der Waals surface area contributed by atoms with E-state index in [4.69, 9.17) is 16.3 Å². The van der Waals surface area contributed by atoms with Crippen LogP contribution in [0.25, 0.3) is 0 Å². The summed E-state index contributed by atoms with van der Waals surface area (Å²) in [6.45, 7) is 4.01. The molecule has 3 rings (SSSR count). The Hall–Kier alpha value is -2.31. The largest absolute Gasteiger partial charge is 0.491 e. The summed E-state index contributed by atoms with van der Waals surface area (Å²) in [5, 5.41) is 14.0. The molecule has 0 aliphatic heterocycles. The number of ether oxygens (including phenoxy) is 1. The van der Waals surface area contributed by atoms with E-state index in [1.807, 2.05) is 62.4 Å². The van der Waals surface area contributed by atoms with Gasteiger partial charge < -0.3 is 4.74 Å². The summed E-state index contributed by atoms with van der Waals surface area (Å²) in [6.07, 6.45) is 3.51. The number of nitrogens with zero attached hydrogens (tertiary/aromatic N) is 4. The fraction of sp³-hybridized carbons (Fsp3) is 0.211. The molecule has 0 fully saturated rings. The number of benzene rings is 2. The number of halogens is 1. The fourth-order valence-corrected chi connectivity index (χ4v) is 3.33. The molecule has 0 unspecified atom stereocenters. The molecule has 0 N–H and O–H groups in total. The molecule has 0 aliphatic rings. The van der Waals surface area contributed by atoms with Crippen molar-refractivity contribution in [3.05, 3.63) is 71.0 Å². The van der Waals surface area contributed by atoms with Gasteiger partial charge in [0, 0.05) is 10.8 Å². The minimum absolute atomic E-state index is 0.157. The Kier molecular flexibility index (Phi) is 6.30. The Balaban J connectivity index is 1.65. The van der Waals surface area contributed by atoms with Crippen molar-refractivity contribution in [3.63, 3.8) is 0 Å². The molecule has 0 spiro atoms. The third kappa shape index (κ3) is 5.09. The molecule has 0 amide bonds. The molecule has 0 bridgehead atoms. The second-order valence-electron chi connectivity index (χ2n) is 5.82. The topological polar surface area (TPSA) is 52.3 Å². The molecular weight excluding hydrogens is 368 g/mol. The summed E-state index contributed by atoms with van der Waals surface area (Å²) in [4.78, 5) is 0. The van der Waals surface area contributed by atoms with Gasteiger partial charge in [0.05, 0.1) is 12.3 Å². The van der Waals surface area contributed by atoms with E-state index in [0.29, 0.717) is 10.9 Å². The van der Waals surface area contributed by atoms with Crippen molar-refractivity contribution in [1.82, 2.24) is 14.9 Å². The Labute approximate surface area is 162 Å². The van der Waals surface area contributed by atoms with E-state index in [0.717, 1.165) is 21.9 Å². The molecule has 0 aliphatic carbocycles. The van der Waals surface area contributed by atoms with Gasteiger partial charge in [-0.05, 0) is 55.3 Å². The second kappa shape index (κ2) is 8.87. The zero-order chi connectivity index (χ0) is 18.4. The predicted molar refractivity (Wildman–Crippen MR) is 106 cm³/mol. The van der Waals surface area contributed by atoms with E-state index in [1.165, 1.54) is 11.8 Å². The number of aromatic nitrogens is 3. The molecule has 1 heterocycles. The summed E-state index contributed by atoms with van der Waals surface area (Å²) in [5.74, 6) is 1.55. The number of hydrogen-bond donors (Lipinski definition) is 0. The van der Waals surface area contributed by atoms with Crippen LogP contribution >= 0.6 is 23.4 Å². The van der Waals surface area contributed by atoms with Crippen LogP contribution < -0.4 is 4.74 Å². The number of hydrogen-bond acceptors (Lipinski definition) is 5. The van der Waals surface area contributed by atoms with E-state index < -0.39 is 0 Å². The number of rotatable bonds is 7. The van der Waals surface area contributed by atoms with Gasteiger partial charge in [0.2, 0.25) is 5.16 Å².